The zero-order valence-electron chi connectivity index (χ0n) is 14.1. The monoisotopic (exact) mass is 286 g/mol. The molecule has 3 nitrogen and oxygen atoms in total. The molecule has 0 amide bonds. The Bertz CT molecular complexity index is 240. The maximum absolute atomic E-state index is 6.09. The van der Waals surface area contributed by atoms with Crippen LogP contribution in [0.25, 0.3) is 0 Å². The summed E-state index contributed by atoms with van der Waals surface area (Å²) in [5.41, 5.74) is 0. The Hall–Kier alpha value is -0.120. The van der Waals surface area contributed by atoms with Gasteiger partial charge in [-0.1, -0.05) is 27.2 Å². The summed E-state index contributed by atoms with van der Waals surface area (Å²) in [6, 6.07) is 0. The van der Waals surface area contributed by atoms with Crippen molar-refractivity contribution in [2.45, 2.75) is 66.1 Å². The van der Waals surface area contributed by atoms with E-state index in [1.54, 1.807) is 0 Å². The Morgan fingerprint density at radius 1 is 0.950 bits per heavy atom. The lowest BCUT2D eigenvalue weighted by Crippen LogP contribution is -2.35. The summed E-state index contributed by atoms with van der Waals surface area (Å²) in [4.78, 5) is 0. The predicted octanol–water partition coefficient (Wildman–Crippen LogP) is 3.91. The molecule has 120 valence electrons. The molecule has 0 heterocycles. The number of hydrogen-bond donors (Lipinski definition) is 0. The predicted molar refractivity (Wildman–Crippen MR) is 83.0 cm³/mol. The molecule has 1 rings (SSSR count). The average Bonchev–Trinajstić information content (AvgIpc) is 2.37. The molecule has 1 fully saturated rings. The van der Waals surface area contributed by atoms with E-state index in [4.69, 9.17) is 14.2 Å². The van der Waals surface area contributed by atoms with Crippen molar-refractivity contribution in [3.63, 3.8) is 0 Å². The largest absolute Gasteiger partial charge is 0.377 e. The second kappa shape index (κ2) is 9.75. The zero-order chi connectivity index (χ0) is 15.0. The molecule has 1 saturated carbocycles. The highest BCUT2D eigenvalue weighted by atomic mass is 16.5. The molecule has 1 aliphatic rings. The van der Waals surface area contributed by atoms with Crippen LogP contribution in [0.1, 0.15) is 53.9 Å². The summed E-state index contributed by atoms with van der Waals surface area (Å²) in [5.74, 6) is 2.23. The average molecular weight is 286 g/mol. The van der Waals surface area contributed by atoms with Crippen LogP contribution in [-0.4, -0.2) is 38.6 Å². The summed E-state index contributed by atoms with van der Waals surface area (Å²) in [5, 5.41) is 0. The van der Waals surface area contributed by atoms with Gasteiger partial charge in [0.25, 0.3) is 0 Å². The molecule has 0 saturated heterocycles. The second-order valence-electron chi connectivity index (χ2n) is 6.77. The van der Waals surface area contributed by atoms with Gasteiger partial charge in [0.05, 0.1) is 38.6 Å². The van der Waals surface area contributed by atoms with Crippen LogP contribution in [0.4, 0.5) is 0 Å². The van der Waals surface area contributed by atoms with Gasteiger partial charge in [-0.2, -0.15) is 0 Å². The molecule has 0 aromatic rings. The smallest absolute Gasteiger partial charge is 0.0704 e. The van der Waals surface area contributed by atoms with Crippen LogP contribution in [0.15, 0.2) is 0 Å². The molecule has 0 aromatic heterocycles. The molecule has 3 heteroatoms. The summed E-state index contributed by atoms with van der Waals surface area (Å²) in [6.07, 6.45) is 4.58. The fraction of sp³-hybridized carbons (Fsp3) is 1.00. The Labute approximate surface area is 125 Å². The molecule has 20 heavy (non-hydrogen) atoms. The number of hydrogen-bond acceptors (Lipinski definition) is 3. The maximum atomic E-state index is 6.09. The molecule has 3 atom stereocenters. The van der Waals surface area contributed by atoms with E-state index in [9.17, 15) is 0 Å². The minimum Gasteiger partial charge on any atom is -0.377 e. The highest BCUT2D eigenvalue weighted by Crippen LogP contribution is 2.35. The highest BCUT2D eigenvalue weighted by molar-refractivity contribution is 4.81. The zero-order valence-corrected chi connectivity index (χ0v) is 14.1. The van der Waals surface area contributed by atoms with E-state index in [0.29, 0.717) is 38.4 Å². The van der Waals surface area contributed by atoms with Gasteiger partial charge in [-0.05, 0) is 44.4 Å². The van der Waals surface area contributed by atoms with E-state index in [1.165, 1.54) is 19.3 Å². The molecule has 0 bridgehead atoms. The summed E-state index contributed by atoms with van der Waals surface area (Å²) in [7, 11) is 0. The van der Waals surface area contributed by atoms with Crippen LogP contribution in [-0.2, 0) is 14.2 Å². The van der Waals surface area contributed by atoms with Gasteiger partial charge in [-0.25, -0.2) is 0 Å². The van der Waals surface area contributed by atoms with Gasteiger partial charge in [0.2, 0.25) is 0 Å². The lowest BCUT2D eigenvalue weighted by Gasteiger charge is -2.37. The Morgan fingerprint density at radius 3 is 2.30 bits per heavy atom. The summed E-state index contributed by atoms with van der Waals surface area (Å²) < 4.78 is 17.1. The highest BCUT2D eigenvalue weighted by Gasteiger charge is 2.31. The van der Waals surface area contributed by atoms with E-state index >= 15 is 0 Å². The van der Waals surface area contributed by atoms with Gasteiger partial charge in [-0.15, -0.1) is 0 Å². The van der Waals surface area contributed by atoms with Gasteiger partial charge < -0.3 is 14.2 Å². The minimum absolute atomic E-state index is 0.283. The van der Waals surface area contributed by atoms with Gasteiger partial charge >= 0.3 is 0 Å². The normalized spacial score (nSPS) is 27.4. The fourth-order valence-electron chi connectivity index (χ4n) is 3.01. The third-order valence-corrected chi connectivity index (χ3v) is 4.20. The van der Waals surface area contributed by atoms with Crippen molar-refractivity contribution in [2.24, 2.45) is 17.8 Å². The first-order chi connectivity index (χ1) is 9.50. The third-order valence-electron chi connectivity index (χ3n) is 4.20. The molecule has 0 aliphatic heterocycles. The topological polar surface area (TPSA) is 27.7 Å². The first kappa shape index (κ1) is 17.9. The maximum Gasteiger partial charge on any atom is 0.0704 e. The molecule has 3 unspecified atom stereocenters. The number of ether oxygens (including phenoxy) is 3. The first-order valence-electron chi connectivity index (χ1n) is 8.31. The number of rotatable bonds is 9. The van der Waals surface area contributed by atoms with Crippen molar-refractivity contribution >= 4 is 0 Å². The molecule has 0 spiro atoms. The van der Waals surface area contributed by atoms with E-state index in [0.717, 1.165) is 11.8 Å². The van der Waals surface area contributed by atoms with Crippen molar-refractivity contribution in [1.82, 2.24) is 0 Å². The van der Waals surface area contributed by atoms with E-state index in [1.807, 2.05) is 13.8 Å². The second-order valence-corrected chi connectivity index (χ2v) is 6.77. The van der Waals surface area contributed by atoms with Crippen LogP contribution in [0.2, 0.25) is 0 Å². The van der Waals surface area contributed by atoms with E-state index in [-0.39, 0.29) is 6.10 Å². The van der Waals surface area contributed by atoms with Crippen molar-refractivity contribution in [2.75, 3.05) is 26.4 Å². The van der Waals surface area contributed by atoms with Gasteiger partial charge in [0.15, 0.2) is 0 Å². The molecule has 1 aliphatic carbocycles. The molecular formula is C17H34O3. The summed E-state index contributed by atoms with van der Waals surface area (Å²) >= 11 is 0. The van der Waals surface area contributed by atoms with Gasteiger partial charge in [-0.3, -0.25) is 0 Å². The minimum atomic E-state index is 0.283. The Kier molecular flexibility index (Phi) is 8.74. The molecule has 0 radical (unpaired) electrons. The van der Waals surface area contributed by atoms with Crippen molar-refractivity contribution in [3.05, 3.63) is 0 Å². The summed E-state index contributed by atoms with van der Waals surface area (Å²) in [6.45, 7) is 13.8. The van der Waals surface area contributed by atoms with Crippen molar-refractivity contribution < 1.29 is 14.2 Å². The lowest BCUT2D eigenvalue weighted by molar-refractivity contribution is -0.0640. The Balaban J connectivity index is 2.12. The van der Waals surface area contributed by atoms with Crippen LogP contribution in [0, 0.1) is 17.8 Å². The molecular weight excluding hydrogens is 252 g/mol. The van der Waals surface area contributed by atoms with Crippen LogP contribution in [0.5, 0.6) is 0 Å². The van der Waals surface area contributed by atoms with Crippen LogP contribution in [0.3, 0.4) is 0 Å². The van der Waals surface area contributed by atoms with Gasteiger partial charge in [0, 0.05) is 0 Å². The van der Waals surface area contributed by atoms with E-state index < -0.39 is 0 Å². The van der Waals surface area contributed by atoms with Crippen molar-refractivity contribution in [3.8, 4) is 0 Å². The van der Waals surface area contributed by atoms with Gasteiger partial charge in [0.1, 0.15) is 0 Å². The van der Waals surface area contributed by atoms with Crippen LogP contribution >= 0.6 is 0 Å². The molecule has 0 aromatic carbocycles. The first-order valence-corrected chi connectivity index (χ1v) is 8.31. The third kappa shape index (κ3) is 7.05. The Morgan fingerprint density at radius 2 is 1.65 bits per heavy atom. The quantitative estimate of drug-likeness (QED) is 0.602. The van der Waals surface area contributed by atoms with Crippen molar-refractivity contribution in [1.29, 1.82) is 0 Å². The van der Waals surface area contributed by atoms with E-state index in [2.05, 4.69) is 20.8 Å². The van der Waals surface area contributed by atoms with Crippen LogP contribution < -0.4 is 0 Å². The SMILES string of the molecule is CC1CCC(C(C)C)C(OCCOCCOC(C)C)C1. The molecule has 0 N–H and O–H groups in total. The fourth-order valence-corrected chi connectivity index (χ4v) is 3.01. The standard InChI is InChI=1S/C17H34O3/c1-13(2)16-7-6-15(5)12-17(16)20-11-9-18-8-10-19-14(3)4/h13-17H,6-12H2,1-5H3. The lowest BCUT2D eigenvalue weighted by atomic mass is 9.75.